The highest BCUT2D eigenvalue weighted by Gasteiger charge is 2.40. The fourth-order valence-corrected chi connectivity index (χ4v) is 9.44. The van der Waals surface area contributed by atoms with Gasteiger partial charge in [0.1, 0.15) is 62.5 Å². The monoisotopic (exact) mass is 1450 g/mol. The molecular weight excluding hydrogens is 1320 g/mol. The van der Waals surface area contributed by atoms with Gasteiger partial charge in [0.2, 0.25) is 11.8 Å². The number of likely N-dealkylation sites (N-methyl/N-ethyl adjacent to an activating group) is 1. The summed E-state index contributed by atoms with van der Waals surface area (Å²) in [5.74, 6) is -7.32. The molecule has 0 aliphatic rings. The van der Waals surface area contributed by atoms with Crippen molar-refractivity contribution >= 4 is 72.3 Å². The summed E-state index contributed by atoms with van der Waals surface area (Å²) < 4.78 is 50.9. The van der Waals surface area contributed by atoms with Gasteiger partial charge >= 0.3 is 54.0 Å². The molecule has 0 bridgehead atoms. The van der Waals surface area contributed by atoms with Crippen LogP contribution in [0.3, 0.4) is 0 Å². The molecule has 0 aliphatic heterocycles. The number of nitrogens with one attached hydrogen (secondary N) is 2. The number of carboxylic acids is 1. The molecule has 0 aromatic rings. The molecule has 0 rings (SSSR count). The minimum atomic E-state index is -1.59. The molecule has 0 saturated carbocycles. The molecule has 0 radical (unpaired) electrons. The first-order chi connectivity index (χ1) is 45.6. The van der Waals surface area contributed by atoms with E-state index in [2.05, 4.69) is 10.6 Å². The van der Waals surface area contributed by atoms with Crippen LogP contribution in [0.2, 0.25) is 0 Å². The summed E-state index contributed by atoms with van der Waals surface area (Å²) in [5.41, 5.74) is -9.28. The predicted molar refractivity (Wildman–Crippen MR) is 376 cm³/mol. The van der Waals surface area contributed by atoms with Crippen LogP contribution in [0.15, 0.2) is 0 Å². The Morgan fingerprint density at radius 1 is 0.366 bits per heavy atom. The van der Waals surface area contributed by atoms with Crippen molar-refractivity contribution in [3.05, 3.63) is 0 Å². The van der Waals surface area contributed by atoms with Crippen molar-refractivity contribution in [2.45, 2.75) is 256 Å². The number of ether oxygens (including phenoxy) is 9. The number of esters is 6. The summed E-state index contributed by atoms with van der Waals surface area (Å²) in [7, 11) is 0. The molecule has 3 N–H and O–H groups in total. The van der Waals surface area contributed by atoms with E-state index in [0.29, 0.717) is 11.4 Å². The number of carbonyl (C=O) groups excluding carboxylic acids is 11. The van der Waals surface area contributed by atoms with Gasteiger partial charge in [-0.1, -0.05) is 13.8 Å². The molecule has 101 heavy (non-hydrogen) atoms. The zero-order valence-corrected chi connectivity index (χ0v) is 66.0. The van der Waals surface area contributed by atoms with Gasteiger partial charge in [-0.15, -0.1) is 0 Å². The van der Waals surface area contributed by atoms with Gasteiger partial charge in [-0.2, -0.15) is 0 Å². The summed E-state index contributed by atoms with van der Waals surface area (Å²) in [6.45, 7) is 39.0. The van der Waals surface area contributed by atoms with Crippen molar-refractivity contribution in [1.82, 2.24) is 44.9 Å². The van der Waals surface area contributed by atoms with E-state index < -0.39 is 174 Å². The Bertz CT molecular complexity index is 2650. The van der Waals surface area contributed by atoms with Crippen LogP contribution in [0.25, 0.3) is 0 Å². The summed E-state index contributed by atoms with van der Waals surface area (Å²) >= 11 is 0. The number of imide groups is 1. The van der Waals surface area contributed by atoms with Crippen molar-refractivity contribution in [1.29, 1.82) is 0 Å². The molecule has 584 valence electrons. The van der Waals surface area contributed by atoms with Crippen LogP contribution < -0.4 is 10.6 Å². The second kappa shape index (κ2) is 40.9. The number of hydrogen-bond acceptors (Lipinski definition) is 27. The van der Waals surface area contributed by atoms with Crippen LogP contribution in [-0.2, 0) is 90.6 Å². The Morgan fingerprint density at radius 3 is 0.950 bits per heavy atom. The second-order valence-corrected chi connectivity index (χ2v) is 33.1. The smallest absolute Gasteiger partial charge is 0.419 e. The van der Waals surface area contributed by atoms with Gasteiger partial charge in [-0.25, -0.2) is 14.5 Å². The fourth-order valence-electron chi connectivity index (χ4n) is 9.44. The van der Waals surface area contributed by atoms with Crippen molar-refractivity contribution in [2.24, 2.45) is 0 Å². The molecular formula is C70H127N9O22. The average Bonchev–Trinajstić information content (AvgIpc) is 0.837. The maximum absolute atomic E-state index is 15.2. The number of carboxylic acid groups (broad SMARTS) is 1. The third kappa shape index (κ3) is 46.4. The number of nitrogens with zero attached hydrogens (tertiary/aromatic N) is 7. The molecule has 0 spiro atoms. The number of hydrogen-bond donors (Lipinski definition) is 3. The largest absolute Gasteiger partial charge is 0.480 e. The lowest BCUT2D eigenvalue weighted by Crippen LogP contribution is -2.59. The van der Waals surface area contributed by atoms with Crippen LogP contribution in [0.5, 0.6) is 0 Å². The number of rotatable bonds is 40. The van der Waals surface area contributed by atoms with Crippen LogP contribution >= 0.6 is 0 Å². The quantitative estimate of drug-likeness (QED) is 0.0391. The van der Waals surface area contributed by atoms with Gasteiger partial charge in [0.15, 0.2) is 0 Å². The topological polar surface area (TPSA) is 355 Å². The van der Waals surface area contributed by atoms with Crippen LogP contribution in [0, 0.1) is 0 Å². The zero-order valence-electron chi connectivity index (χ0n) is 66.0. The first-order valence-corrected chi connectivity index (χ1v) is 34.4. The molecule has 3 atom stereocenters. The van der Waals surface area contributed by atoms with E-state index in [1.165, 1.54) is 19.6 Å². The van der Waals surface area contributed by atoms with E-state index in [1.807, 2.05) is 6.92 Å². The third-order valence-corrected chi connectivity index (χ3v) is 13.4. The highest BCUT2D eigenvalue weighted by molar-refractivity contribution is 5.88. The molecule has 31 nitrogen and oxygen atoms in total. The fraction of sp³-hybridized carbons (Fsp3) is 0.829. The lowest BCUT2D eigenvalue weighted by Gasteiger charge is -2.39. The molecule has 0 saturated heterocycles. The van der Waals surface area contributed by atoms with E-state index in [-0.39, 0.29) is 84.9 Å². The van der Waals surface area contributed by atoms with Gasteiger partial charge in [0.05, 0.1) is 45.8 Å². The predicted octanol–water partition coefficient (Wildman–Crippen LogP) is 5.44. The SMILES string of the molecule is CCN(CCN(CC(=O)OC(C)(C)C)CC(C(=O)NCCN(CCNC(=O)C(CN(CCN(C(=O)OC(C)(C)C)C(=O)OC(C)(C)C)CC(=O)OC(C)(C)C)N(CC(=O)OC(C)(C)C)CC(=O)OC(C)(C)C)CC(=O)O)N(CC(=O)OC(C)(C)C)CC(C)(CC)OC=O)CC(=O)OC(C)(C)C. The molecule has 0 fully saturated rings. The normalized spacial score (nSPS) is 14.0. The Morgan fingerprint density at radius 2 is 0.653 bits per heavy atom. The number of aliphatic carboxylic acids is 1. The molecule has 0 aromatic heterocycles. The molecule has 3 unspecified atom stereocenters. The Kier molecular flexibility index (Phi) is 38.1. The third-order valence-electron chi connectivity index (χ3n) is 13.4. The van der Waals surface area contributed by atoms with E-state index in [9.17, 15) is 53.1 Å². The van der Waals surface area contributed by atoms with Crippen LogP contribution in [0.1, 0.15) is 193 Å². The maximum atomic E-state index is 15.2. The number of carbonyl (C=O) groups is 12. The van der Waals surface area contributed by atoms with E-state index in [1.54, 1.807) is 190 Å². The van der Waals surface area contributed by atoms with E-state index in [4.69, 9.17) is 42.6 Å². The highest BCUT2D eigenvalue weighted by atomic mass is 16.6. The Labute approximate surface area is 600 Å². The van der Waals surface area contributed by atoms with Gasteiger partial charge in [0.25, 0.3) is 6.47 Å². The number of amides is 4. The summed E-state index contributed by atoms with van der Waals surface area (Å²) in [6.07, 6.45) is -1.97. The van der Waals surface area contributed by atoms with Gasteiger partial charge in [0, 0.05) is 72.0 Å². The summed E-state index contributed by atoms with van der Waals surface area (Å²) in [5, 5.41) is 15.9. The van der Waals surface area contributed by atoms with Gasteiger partial charge in [-0.05, 0) is 186 Å². The van der Waals surface area contributed by atoms with Crippen molar-refractivity contribution in [2.75, 3.05) is 124 Å². The highest BCUT2D eigenvalue weighted by Crippen LogP contribution is 2.22. The maximum Gasteiger partial charge on any atom is 0.419 e. The van der Waals surface area contributed by atoms with E-state index >= 15 is 9.59 Å². The first kappa shape index (κ1) is 94.2. The standard InChI is InChI=1S/C70H127N9O22/c1-28-70(27,93-48-80)47-78(46-57(88)99-67(18,19)20)50(39-75(42-53(84)95-63(6,7)8)35-34-73(29-2)41-52(83)94-62(3,4)5)59(90)72-31-33-74(40-51(81)82)32-30-71-58(89)49(77(44-55(86)97-65(12,13)14)45-56(87)98-66(15,16)17)38-76(43-54(85)96-64(9,10)11)36-37-79(60(91)100-68(21,22)23)61(92)101-69(24,25)26/h48-50H,28-47H2,1-27H3,(H,71,89)(H,72,90)(H,81,82). The van der Waals surface area contributed by atoms with Crippen molar-refractivity contribution in [3.63, 3.8) is 0 Å². The van der Waals surface area contributed by atoms with Crippen molar-refractivity contribution in [3.8, 4) is 0 Å². The lowest BCUT2D eigenvalue weighted by atomic mass is 10.0. The Balaban J connectivity index is 8.11. The summed E-state index contributed by atoms with van der Waals surface area (Å²) in [4.78, 5) is 174. The Hall–Kier alpha value is -6.80. The average molecular weight is 1450 g/mol. The van der Waals surface area contributed by atoms with Gasteiger partial charge in [-0.3, -0.25) is 77.3 Å². The molecule has 0 aromatic carbocycles. The minimum absolute atomic E-state index is 0.0666. The molecule has 4 amide bonds. The van der Waals surface area contributed by atoms with Crippen LogP contribution in [0.4, 0.5) is 9.59 Å². The first-order valence-electron chi connectivity index (χ1n) is 34.4. The zero-order chi connectivity index (χ0) is 78.7. The molecule has 0 aliphatic carbocycles. The summed E-state index contributed by atoms with van der Waals surface area (Å²) in [6, 6.07) is -2.94. The van der Waals surface area contributed by atoms with Gasteiger partial charge < -0.3 is 58.4 Å². The van der Waals surface area contributed by atoms with Crippen LogP contribution in [-0.4, -0.2) is 299 Å². The second-order valence-electron chi connectivity index (χ2n) is 33.1. The molecule has 31 heteroatoms. The van der Waals surface area contributed by atoms with E-state index in [0.717, 1.165) is 0 Å². The van der Waals surface area contributed by atoms with Crippen molar-refractivity contribution < 1.29 is 105 Å². The molecule has 0 heterocycles. The minimum Gasteiger partial charge on any atom is -0.480 e. The lowest BCUT2D eigenvalue weighted by molar-refractivity contribution is -0.164.